The number of rotatable bonds is 6. The van der Waals surface area contributed by atoms with Gasteiger partial charge in [-0.15, -0.1) is 0 Å². The summed E-state index contributed by atoms with van der Waals surface area (Å²) in [5.41, 5.74) is 2.77. The number of carbonyl (C=O) groups excluding carboxylic acids is 2. The van der Waals surface area contributed by atoms with Crippen LogP contribution in [0.3, 0.4) is 0 Å². The number of benzene rings is 2. The molecule has 0 fully saturated rings. The number of likely N-dealkylation sites (N-methyl/N-ethyl adjacent to an activating group) is 1. The highest BCUT2D eigenvalue weighted by Crippen LogP contribution is 2.28. The first kappa shape index (κ1) is 18.5. The Balaban J connectivity index is 2.00. The molecule has 0 unspecified atom stereocenters. The van der Waals surface area contributed by atoms with Crippen LogP contribution in [0.2, 0.25) is 0 Å². The van der Waals surface area contributed by atoms with E-state index < -0.39 is 12.0 Å². The minimum atomic E-state index is -0.557. The monoisotopic (exact) mass is 365 g/mol. The second-order valence-electron chi connectivity index (χ2n) is 6.25. The van der Waals surface area contributed by atoms with Crippen LogP contribution in [0.5, 0.6) is 0 Å². The molecule has 6 nitrogen and oxygen atoms in total. The van der Waals surface area contributed by atoms with E-state index in [1.165, 1.54) is 0 Å². The van der Waals surface area contributed by atoms with E-state index in [-0.39, 0.29) is 12.6 Å². The maximum Gasteiger partial charge on any atom is 0.338 e. The normalized spacial score (nSPS) is 16.4. The maximum absolute atomic E-state index is 12.7. The van der Waals surface area contributed by atoms with Gasteiger partial charge in [0, 0.05) is 12.7 Å². The lowest BCUT2D eigenvalue weighted by Gasteiger charge is -2.31. The zero-order valence-corrected chi connectivity index (χ0v) is 15.4. The molecule has 27 heavy (non-hydrogen) atoms. The van der Waals surface area contributed by atoms with Crippen molar-refractivity contribution in [3.05, 3.63) is 77.5 Å². The van der Waals surface area contributed by atoms with E-state index in [0.717, 1.165) is 11.3 Å². The number of nitrogens with one attached hydrogen (secondary N) is 2. The molecule has 2 N–H and O–H groups in total. The van der Waals surface area contributed by atoms with Gasteiger partial charge in [-0.1, -0.05) is 48.5 Å². The van der Waals surface area contributed by atoms with Gasteiger partial charge in [0.2, 0.25) is 0 Å². The number of hydrogen-bond acceptors (Lipinski definition) is 4. The third kappa shape index (κ3) is 4.28. The van der Waals surface area contributed by atoms with Crippen molar-refractivity contribution < 1.29 is 14.3 Å². The molecule has 0 saturated heterocycles. The lowest BCUT2D eigenvalue weighted by atomic mass is 9.95. The van der Waals surface area contributed by atoms with Crippen LogP contribution < -0.4 is 15.5 Å². The van der Waals surface area contributed by atoms with E-state index in [9.17, 15) is 9.59 Å². The summed E-state index contributed by atoms with van der Waals surface area (Å²) in [6, 6.07) is 18.3. The Morgan fingerprint density at radius 2 is 1.70 bits per heavy atom. The summed E-state index contributed by atoms with van der Waals surface area (Å²) in [6.45, 7) is 2.40. The number of urea groups is 1. The van der Waals surface area contributed by atoms with E-state index in [1.807, 2.05) is 72.6 Å². The van der Waals surface area contributed by atoms with Crippen molar-refractivity contribution >= 4 is 17.7 Å². The van der Waals surface area contributed by atoms with Crippen LogP contribution in [-0.4, -0.2) is 32.2 Å². The summed E-state index contributed by atoms with van der Waals surface area (Å²) in [5, 5.41) is 5.63. The highest BCUT2D eigenvalue weighted by Gasteiger charge is 2.33. The summed E-state index contributed by atoms with van der Waals surface area (Å²) in [6.07, 6.45) is 0. The minimum absolute atomic E-state index is 0.263. The maximum atomic E-state index is 12.7. The van der Waals surface area contributed by atoms with Gasteiger partial charge in [-0.25, -0.2) is 9.59 Å². The van der Waals surface area contributed by atoms with Crippen LogP contribution in [0.25, 0.3) is 0 Å². The SMILES string of the molecule is CCOC(=O)C1=C(CN(C)c2ccccc2)NC(=O)N[C@@H]1c1ccccc1. The van der Waals surface area contributed by atoms with Gasteiger partial charge in [0.25, 0.3) is 0 Å². The average molecular weight is 365 g/mol. The van der Waals surface area contributed by atoms with Crippen molar-refractivity contribution in [3.63, 3.8) is 0 Å². The van der Waals surface area contributed by atoms with Crippen LogP contribution in [-0.2, 0) is 9.53 Å². The van der Waals surface area contributed by atoms with Gasteiger partial charge < -0.3 is 20.3 Å². The van der Waals surface area contributed by atoms with Crippen molar-refractivity contribution in [2.24, 2.45) is 0 Å². The van der Waals surface area contributed by atoms with Crippen LogP contribution in [0, 0.1) is 0 Å². The highest BCUT2D eigenvalue weighted by molar-refractivity contribution is 5.95. The molecule has 2 aromatic carbocycles. The Labute approximate surface area is 158 Å². The molecular formula is C21H23N3O3. The number of amides is 2. The fourth-order valence-electron chi connectivity index (χ4n) is 3.10. The first-order valence-electron chi connectivity index (χ1n) is 8.89. The fourth-order valence-corrected chi connectivity index (χ4v) is 3.10. The lowest BCUT2D eigenvalue weighted by Crippen LogP contribution is -2.48. The Kier molecular flexibility index (Phi) is 5.76. The molecule has 1 aliphatic rings. The summed E-state index contributed by atoms with van der Waals surface area (Å²) in [7, 11) is 1.91. The lowest BCUT2D eigenvalue weighted by molar-refractivity contribution is -0.139. The summed E-state index contributed by atoms with van der Waals surface area (Å²) < 4.78 is 5.28. The Hall–Kier alpha value is -3.28. The molecule has 3 rings (SSSR count). The third-order valence-corrected chi connectivity index (χ3v) is 4.37. The Morgan fingerprint density at radius 3 is 2.33 bits per heavy atom. The molecule has 0 aromatic heterocycles. The number of hydrogen-bond donors (Lipinski definition) is 2. The number of anilines is 1. The number of para-hydroxylation sites is 1. The number of ether oxygens (including phenoxy) is 1. The third-order valence-electron chi connectivity index (χ3n) is 4.37. The van der Waals surface area contributed by atoms with E-state index in [4.69, 9.17) is 4.74 Å². The van der Waals surface area contributed by atoms with Gasteiger partial charge in [-0.3, -0.25) is 0 Å². The molecule has 2 aromatic rings. The minimum Gasteiger partial charge on any atom is -0.463 e. The van der Waals surface area contributed by atoms with Crippen LogP contribution in [0.15, 0.2) is 71.9 Å². The van der Waals surface area contributed by atoms with Crippen LogP contribution >= 0.6 is 0 Å². The number of esters is 1. The zero-order chi connectivity index (χ0) is 19.2. The molecule has 0 bridgehead atoms. The van der Waals surface area contributed by atoms with Crippen LogP contribution in [0.4, 0.5) is 10.5 Å². The fraction of sp³-hybridized carbons (Fsp3) is 0.238. The number of carbonyl (C=O) groups is 2. The van der Waals surface area contributed by atoms with Gasteiger partial charge in [-0.05, 0) is 24.6 Å². The summed E-state index contributed by atoms with van der Waals surface area (Å²) in [5.74, 6) is -0.435. The van der Waals surface area contributed by atoms with Gasteiger partial charge >= 0.3 is 12.0 Å². The second kappa shape index (κ2) is 8.40. The quantitative estimate of drug-likeness (QED) is 0.772. The van der Waals surface area contributed by atoms with E-state index in [1.54, 1.807) is 6.92 Å². The molecule has 0 spiro atoms. The van der Waals surface area contributed by atoms with Crippen LogP contribution in [0.1, 0.15) is 18.5 Å². The molecule has 0 aliphatic carbocycles. The summed E-state index contributed by atoms with van der Waals surface area (Å²) >= 11 is 0. The first-order valence-corrected chi connectivity index (χ1v) is 8.89. The molecule has 1 atom stereocenters. The topological polar surface area (TPSA) is 70.7 Å². The van der Waals surface area contributed by atoms with Gasteiger partial charge in [0.05, 0.1) is 30.5 Å². The number of nitrogens with zero attached hydrogens (tertiary/aromatic N) is 1. The molecule has 6 heteroatoms. The first-order chi connectivity index (χ1) is 13.1. The van der Waals surface area contributed by atoms with Crippen molar-refractivity contribution in [1.29, 1.82) is 0 Å². The molecule has 1 aliphatic heterocycles. The Morgan fingerprint density at radius 1 is 1.07 bits per heavy atom. The predicted molar refractivity (Wildman–Crippen MR) is 104 cm³/mol. The standard InChI is InChI=1S/C21H23N3O3/c1-3-27-20(25)18-17(14-24(2)16-12-8-5-9-13-16)22-21(26)23-19(18)15-10-6-4-7-11-15/h4-13,19H,3,14H2,1-2H3,(H2,22,23,26)/t19-/m1/s1. The second-order valence-corrected chi connectivity index (χ2v) is 6.25. The van der Waals surface area contributed by atoms with E-state index in [0.29, 0.717) is 17.8 Å². The van der Waals surface area contributed by atoms with E-state index >= 15 is 0 Å². The van der Waals surface area contributed by atoms with Gasteiger partial charge in [0.15, 0.2) is 0 Å². The average Bonchev–Trinajstić information content (AvgIpc) is 2.69. The van der Waals surface area contributed by atoms with Crippen molar-refractivity contribution in [1.82, 2.24) is 10.6 Å². The summed E-state index contributed by atoms with van der Waals surface area (Å²) in [4.78, 5) is 27.0. The van der Waals surface area contributed by atoms with Gasteiger partial charge in [0.1, 0.15) is 0 Å². The van der Waals surface area contributed by atoms with E-state index in [2.05, 4.69) is 10.6 Å². The van der Waals surface area contributed by atoms with Gasteiger partial charge in [-0.2, -0.15) is 0 Å². The van der Waals surface area contributed by atoms with Crippen molar-refractivity contribution in [3.8, 4) is 0 Å². The zero-order valence-electron chi connectivity index (χ0n) is 15.4. The largest absolute Gasteiger partial charge is 0.463 e. The molecule has 2 amide bonds. The Bertz CT molecular complexity index is 834. The van der Waals surface area contributed by atoms with Crippen molar-refractivity contribution in [2.45, 2.75) is 13.0 Å². The molecule has 1 heterocycles. The highest BCUT2D eigenvalue weighted by atomic mass is 16.5. The molecule has 0 radical (unpaired) electrons. The van der Waals surface area contributed by atoms with Crippen molar-refractivity contribution in [2.75, 3.05) is 25.1 Å². The molecular weight excluding hydrogens is 342 g/mol. The predicted octanol–water partition coefficient (Wildman–Crippen LogP) is 2.99. The molecule has 0 saturated carbocycles. The molecule has 140 valence electrons. The smallest absolute Gasteiger partial charge is 0.338 e.